The second-order valence-electron chi connectivity index (χ2n) is 1.85. The predicted octanol–water partition coefficient (Wildman–Crippen LogP) is -1.88. The zero-order valence-electron chi connectivity index (χ0n) is 5.96. The summed E-state index contributed by atoms with van der Waals surface area (Å²) in [5.74, 6) is -1.03. The van der Waals surface area contributed by atoms with Crippen molar-refractivity contribution in [3.05, 3.63) is 0 Å². The van der Waals surface area contributed by atoms with E-state index in [9.17, 15) is 4.79 Å². The van der Waals surface area contributed by atoms with Crippen molar-refractivity contribution >= 4 is 23.0 Å². The van der Waals surface area contributed by atoms with Gasteiger partial charge in [0, 0.05) is 0 Å². The zero-order valence-corrected chi connectivity index (χ0v) is 8.06. The quantitative estimate of drug-likeness (QED) is 0.481. The van der Waals surface area contributed by atoms with Crippen molar-refractivity contribution in [1.29, 1.82) is 0 Å². The molecule has 0 saturated heterocycles. The maximum atomic E-state index is 10.1. The summed E-state index contributed by atoms with van der Waals surface area (Å²) in [6.07, 6.45) is -0.854. The molecule has 0 aliphatic rings. The number of aliphatic hydroxyl groups is 1. The molecule has 0 bridgehead atoms. The SMILES string of the molecule is CNC(C(=O)O)C(C)O.[SeH2]. The van der Waals surface area contributed by atoms with Gasteiger partial charge in [0.25, 0.3) is 0 Å². The van der Waals surface area contributed by atoms with Crippen molar-refractivity contribution in [2.45, 2.75) is 19.1 Å². The first kappa shape index (κ1) is 12.6. The molecule has 0 amide bonds. The molecule has 0 aromatic rings. The number of carboxylic acid groups (broad SMARTS) is 1. The maximum absolute atomic E-state index is 10.1. The van der Waals surface area contributed by atoms with Crippen molar-refractivity contribution < 1.29 is 15.0 Å². The Morgan fingerprint density at radius 2 is 2.00 bits per heavy atom. The Balaban J connectivity index is 0. The van der Waals surface area contributed by atoms with Crippen LogP contribution in [0.25, 0.3) is 0 Å². The molecule has 0 aliphatic heterocycles. The molecule has 2 unspecified atom stereocenters. The number of carboxylic acids is 1. The molecule has 0 saturated carbocycles. The van der Waals surface area contributed by atoms with Gasteiger partial charge in [0.2, 0.25) is 0 Å². The van der Waals surface area contributed by atoms with Crippen LogP contribution in [-0.4, -0.2) is 52.4 Å². The van der Waals surface area contributed by atoms with E-state index in [0.717, 1.165) is 0 Å². The first-order valence-electron chi connectivity index (χ1n) is 2.67. The van der Waals surface area contributed by atoms with Crippen LogP contribution >= 0.6 is 0 Å². The average molecular weight is 214 g/mol. The first-order chi connectivity index (χ1) is 4.09. The van der Waals surface area contributed by atoms with Gasteiger partial charge in [-0.05, 0) is 14.0 Å². The number of aliphatic hydroxyl groups excluding tert-OH is 1. The van der Waals surface area contributed by atoms with E-state index in [2.05, 4.69) is 5.32 Å². The van der Waals surface area contributed by atoms with Crippen LogP contribution in [0.5, 0.6) is 0 Å². The molecule has 0 aliphatic carbocycles. The van der Waals surface area contributed by atoms with Crippen molar-refractivity contribution in [2.24, 2.45) is 0 Å². The number of rotatable bonds is 3. The second-order valence-corrected chi connectivity index (χ2v) is 1.85. The van der Waals surface area contributed by atoms with Crippen molar-refractivity contribution in [3.8, 4) is 0 Å². The van der Waals surface area contributed by atoms with E-state index in [0.29, 0.717) is 0 Å². The fourth-order valence-electron chi connectivity index (χ4n) is 0.571. The minimum atomic E-state index is -1.03. The van der Waals surface area contributed by atoms with Crippen molar-refractivity contribution in [3.63, 3.8) is 0 Å². The molecule has 0 heterocycles. The molecule has 2 atom stereocenters. The van der Waals surface area contributed by atoms with E-state index >= 15 is 0 Å². The molecule has 0 aromatic carbocycles. The fraction of sp³-hybridized carbons (Fsp3) is 0.800. The Morgan fingerprint density at radius 1 is 1.60 bits per heavy atom. The van der Waals surface area contributed by atoms with Crippen LogP contribution in [0.4, 0.5) is 0 Å². The van der Waals surface area contributed by atoms with Crippen LogP contribution in [0.2, 0.25) is 0 Å². The Bertz CT molecular complexity index is 107. The van der Waals surface area contributed by atoms with Crippen LogP contribution in [0.1, 0.15) is 6.92 Å². The summed E-state index contributed by atoms with van der Waals surface area (Å²) in [7, 11) is 1.49. The van der Waals surface area contributed by atoms with Gasteiger partial charge in [0.1, 0.15) is 6.04 Å². The van der Waals surface area contributed by atoms with E-state index in [-0.39, 0.29) is 17.1 Å². The summed E-state index contributed by atoms with van der Waals surface area (Å²) >= 11 is 0. The normalized spacial score (nSPS) is 15.1. The molecule has 3 N–H and O–H groups in total. The van der Waals surface area contributed by atoms with Gasteiger partial charge in [-0.15, -0.1) is 0 Å². The molecule has 10 heavy (non-hydrogen) atoms. The molecule has 0 fully saturated rings. The Labute approximate surface area is 70.1 Å². The number of hydrogen-bond acceptors (Lipinski definition) is 3. The Kier molecular flexibility index (Phi) is 7.14. The number of hydrogen-bond donors (Lipinski definition) is 3. The molecule has 0 aromatic heterocycles. The summed E-state index contributed by atoms with van der Waals surface area (Å²) in [5.41, 5.74) is 0. The number of carbonyl (C=O) groups is 1. The number of nitrogens with one attached hydrogen (secondary N) is 1. The van der Waals surface area contributed by atoms with Crippen LogP contribution in [-0.2, 0) is 4.79 Å². The van der Waals surface area contributed by atoms with Gasteiger partial charge in [0.05, 0.1) is 6.10 Å². The monoisotopic (exact) mass is 215 g/mol. The van der Waals surface area contributed by atoms with Crippen LogP contribution in [0.3, 0.4) is 0 Å². The van der Waals surface area contributed by atoms with Gasteiger partial charge in [-0.1, -0.05) is 0 Å². The third-order valence-electron chi connectivity index (χ3n) is 1.06. The summed E-state index contributed by atoms with van der Waals surface area (Å²) in [5, 5.41) is 19.5. The zero-order chi connectivity index (χ0) is 7.44. The average Bonchev–Trinajstić information content (AvgIpc) is 1.64. The summed E-state index contributed by atoms with van der Waals surface area (Å²) < 4.78 is 0. The second kappa shape index (κ2) is 5.68. The van der Waals surface area contributed by atoms with Gasteiger partial charge in [-0.25, -0.2) is 0 Å². The van der Waals surface area contributed by atoms with E-state index in [1.807, 2.05) is 0 Å². The van der Waals surface area contributed by atoms with E-state index in [1.165, 1.54) is 14.0 Å². The topological polar surface area (TPSA) is 69.6 Å². The molecule has 4 nitrogen and oxygen atoms in total. The minimum absolute atomic E-state index is 0. The van der Waals surface area contributed by atoms with Crippen LogP contribution in [0.15, 0.2) is 0 Å². The van der Waals surface area contributed by atoms with E-state index < -0.39 is 18.1 Å². The Morgan fingerprint density at radius 3 is 2.00 bits per heavy atom. The molecule has 0 radical (unpaired) electrons. The van der Waals surface area contributed by atoms with Gasteiger partial charge >= 0.3 is 23.0 Å². The molecule has 0 rings (SSSR count). The van der Waals surface area contributed by atoms with Crippen LogP contribution < -0.4 is 5.32 Å². The molecular formula is C5H13NO3Se. The third-order valence-corrected chi connectivity index (χ3v) is 1.06. The third kappa shape index (κ3) is 3.85. The molecule has 0 spiro atoms. The molecule has 5 heteroatoms. The Hall–Kier alpha value is -0.0905. The summed E-state index contributed by atoms with van der Waals surface area (Å²) in [6.45, 7) is 1.43. The predicted molar refractivity (Wildman–Crippen MR) is 40.7 cm³/mol. The molecule has 62 valence electrons. The number of aliphatic carboxylic acids is 1. The van der Waals surface area contributed by atoms with Crippen LogP contribution in [0, 0.1) is 0 Å². The van der Waals surface area contributed by atoms with Gasteiger partial charge in [-0.3, -0.25) is 4.79 Å². The van der Waals surface area contributed by atoms with Crippen molar-refractivity contribution in [1.82, 2.24) is 5.32 Å². The number of likely N-dealkylation sites (N-methyl/N-ethyl adjacent to an activating group) is 1. The first-order valence-corrected chi connectivity index (χ1v) is 2.67. The van der Waals surface area contributed by atoms with Gasteiger partial charge < -0.3 is 15.5 Å². The van der Waals surface area contributed by atoms with E-state index in [1.54, 1.807) is 0 Å². The summed E-state index contributed by atoms with van der Waals surface area (Å²) in [6, 6.07) is -0.856. The molecular weight excluding hydrogens is 201 g/mol. The van der Waals surface area contributed by atoms with Gasteiger partial charge in [0.15, 0.2) is 0 Å². The standard InChI is InChI=1S/C5H11NO3.H2Se/c1-3(7)4(6-2)5(8)9;/h3-4,6-7H,1-2H3,(H,8,9);1H2. The van der Waals surface area contributed by atoms with Crippen molar-refractivity contribution in [2.75, 3.05) is 7.05 Å². The summed E-state index contributed by atoms with van der Waals surface area (Å²) in [4.78, 5) is 10.1. The fourth-order valence-corrected chi connectivity index (χ4v) is 0.571. The van der Waals surface area contributed by atoms with E-state index in [4.69, 9.17) is 10.2 Å². The van der Waals surface area contributed by atoms with Gasteiger partial charge in [-0.2, -0.15) is 0 Å².